The average Bonchev–Trinajstić information content (AvgIpc) is 3.18. The molecule has 1 fully saturated rings. The molecule has 12 heteroatoms. The van der Waals surface area contributed by atoms with Crippen molar-refractivity contribution in [3.05, 3.63) is 35.8 Å². The Labute approximate surface area is 178 Å². The number of halogens is 1. The van der Waals surface area contributed by atoms with E-state index in [1.807, 2.05) is 24.8 Å². The number of hydrogen-bond donors (Lipinski definition) is 4. The average molecular weight is 428 g/mol. The minimum atomic E-state index is -0.501. The number of hydrogen-bond acceptors (Lipinski definition) is 10. The van der Waals surface area contributed by atoms with Gasteiger partial charge >= 0.3 is 0 Å². The van der Waals surface area contributed by atoms with Gasteiger partial charge in [-0.05, 0) is 33.1 Å². The number of aromatic amines is 1. The lowest BCUT2D eigenvalue weighted by atomic mass is 10.0. The van der Waals surface area contributed by atoms with Gasteiger partial charge in [-0.25, -0.2) is 14.4 Å². The smallest absolute Gasteiger partial charge is 0.235 e. The number of rotatable bonds is 7. The zero-order valence-electron chi connectivity index (χ0n) is 17.4. The van der Waals surface area contributed by atoms with Crippen molar-refractivity contribution >= 4 is 23.7 Å². The van der Waals surface area contributed by atoms with Gasteiger partial charge in [0.05, 0.1) is 31.1 Å². The summed E-state index contributed by atoms with van der Waals surface area (Å²) in [5.41, 5.74) is 0.897. The zero-order chi connectivity index (χ0) is 21.8. The Bertz CT molecular complexity index is 1010. The highest BCUT2D eigenvalue weighted by molar-refractivity contribution is 5.53. The first-order valence-corrected chi connectivity index (χ1v) is 10.2. The van der Waals surface area contributed by atoms with Crippen molar-refractivity contribution in [1.29, 1.82) is 0 Å². The highest BCUT2D eigenvalue weighted by atomic mass is 19.1. The highest BCUT2D eigenvalue weighted by Crippen LogP contribution is 2.25. The van der Waals surface area contributed by atoms with E-state index in [1.165, 1.54) is 0 Å². The molecular weight excluding hydrogens is 403 g/mol. The summed E-state index contributed by atoms with van der Waals surface area (Å²) in [5.74, 6) is 1.56. The van der Waals surface area contributed by atoms with Gasteiger partial charge in [-0.3, -0.25) is 5.10 Å². The SMILES string of the molecule is Cc1cc(Nc2nc(NC(C)c3ncc(F)cn3)nc(N3CCCCC3CO)n2)n[nH]1. The first kappa shape index (κ1) is 20.8. The molecule has 4 rings (SSSR count). The van der Waals surface area contributed by atoms with Crippen LogP contribution in [-0.2, 0) is 0 Å². The number of H-pyrrole nitrogens is 1. The van der Waals surface area contributed by atoms with Crippen LogP contribution in [-0.4, -0.2) is 59.4 Å². The van der Waals surface area contributed by atoms with E-state index < -0.39 is 5.82 Å². The lowest BCUT2D eigenvalue weighted by molar-refractivity contribution is 0.239. The molecule has 0 radical (unpaired) electrons. The second-order valence-corrected chi connectivity index (χ2v) is 7.49. The predicted molar refractivity (Wildman–Crippen MR) is 113 cm³/mol. The van der Waals surface area contributed by atoms with Gasteiger partial charge in [0.15, 0.2) is 11.6 Å². The second-order valence-electron chi connectivity index (χ2n) is 7.49. The molecule has 4 N–H and O–H groups in total. The van der Waals surface area contributed by atoms with Gasteiger partial charge in [0.25, 0.3) is 0 Å². The Hall–Kier alpha value is -3.41. The largest absolute Gasteiger partial charge is 0.394 e. The molecule has 0 bridgehead atoms. The maximum absolute atomic E-state index is 13.1. The molecule has 1 saturated heterocycles. The van der Waals surface area contributed by atoms with Crippen LogP contribution in [0.4, 0.5) is 28.1 Å². The Morgan fingerprint density at radius 3 is 2.71 bits per heavy atom. The van der Waals surface area contributed by atoms with Gasteiger partial charge in [-0.2, -0.15) is 20.1 Å². The minimum absolute atomic E-state index is 0.0234. The van der Waals surface area contributed by atoms with Crippen LogP contribution >= 0.6 is 0 Å². The van der Waals surface area contributed by atoms with Crippen LogP contribution in [0.2, 0.25) is 0 Å². The summed E-state index contributed by atoms with van der Waals surface area (Å²) in [5, 5.41) is 23.1. The predicted octanol–water partition coefficient (Wildman–Crippen LogP) is 2.10. The van der Waals surface area contributed by atoms with Gasteiger partial charge in [-0.15, -0.1) is 0 Å². The molecule has 2 atom stereocenters. The highest BCUT2D eigenvalue weighted by Gasteiger charge is 2.25. The number of aliphatic hydroxyl groups excluding tert-OH is 1. The van der Waals surface area contributed by atoms with Crippen molar-refractivity contribution in [3.63, 3.8) is 0 Å². The quantitative estimate of drug-likeness (QED) is 0.442. The first-order valence-electron chi connectivity index (χ1n) is 10.2. The van der Waals surface area contributed by atoms with Gasteiger partial charge in [0.1, 0.15) is 5.82 Å². The van der Waals surface area contributed by atoms with E-state index in [-0.39, 0.29) is 18.7 Å². The fraction of sp³-hybridized carbons (Fsp3) is 0.474. The molecule has 0 aliphatic carbocycles. The number of nitrogens with one attached hydrogen (secondary N) is 3. The number of anilines is 4. The lowest BCUT2D eigenvalue weighted by Crippen LogP contribution is -2.43. The van der Waals surface area contributed by atoms with E-state index in [1.54, 1.807) is 0 Å². The van der Waals surface area contributed by atoms with E-state index in [2.05, 4.69) is 45.8 Å². The number of aryl methyl sites for hydroxylation is 1. The third-order valence-electron chi connectivity index (χ3n) is 5.04. The van der Waals surface area contributed by atoms with Crippen LogP contribution in [0.5, 0.6) is 0 Å². The lowest BCUT2D eigenvalue weighted by Gasteiger charge is -2.34. The summed E-state index contributed by atoms with van der Waals surface area (Å²) >= 11 is 0. The van der Waals surface area contributed by atoms with Crippen LogP contribution in [0, 0.1) is 12.7 Å². The van der Waals surface area contributed by atoms with Crippen LogP contribution in [0.15, 0.2) is 18.5 Å². The Kier molecular flexibility index (Phi) is 6.16. The molecular formula is C19H25FN10O. The van der Waals surface area contributed by atoms with Crippen LogP contribution in [0.25, 0.3) is 0 Å². The van der Waals surface area contributed by atoms with Crippen LogP contribution in [0.3, 0.4) is 0 Å². The van der Waals surface area contributed by atoms with E-state index in [9.17, 15) is 9.50 Å². The fourth-order valence-electron chi connectivity index (χ4n) is 3.47. The van der Waals surface area contributed by atoms with E-state index in [4.69, 9.17) is 0 Å². The molecule has 4 heterocycles. The third kappa shape index (κ3) is 5.02. The monoisotopic (exact) mass is 428 g/mol. The summed E-state index contributed by atoms with van der Waals surface area (Å²) in [7, 11) is 0. The van der Waals surface area contributed by atoms with Crippen molar-refractivity contribution in [2.75, 3.05) is 28.7 Å². The molecule has 1 aliphatic rings. The molecule has 164 valence electrons. The maximum atomic E-state index is 13.1. The van der Waals surface area contributed by atoms with Crippen molar-refractivity contribution in [1.82, 2.24) is 35.1 Å². The van der Waals surface area contributed by atoms with Crippen LogP contribution in [0.1, 0.15) is 43.7 Å². The summed E-state index contributed by atoms with van der Waals surface area (Å²) in [6, 6.07) is 1.41. The summed E-state index contributed by atoms with van der Waals surface area (Å²) in [4.78, 5) is 23.6. The normalized spacial score (nSPS) is 17.4. The summed E-state index contributed by atoms with van der Waals surface area (Å²) < 4.78 is 13.1. The first-order chi connectivity index (χ1) is 15.0. The van der Waals surface area contributed by atoms with Crippen molar-refractivity contribution < 1.29 is 9.50 Å². The Morgan fingerprint density at radius 1 is 1.23 bits per heavy atom. The third-order valence-corrected chi connectivity index (χ3v) is 5.04. The Morgan fingerprint density at radius 2 is 2.00 bits per heavy atom. The van der Waals surface area contributed by atoms with Gasteiger partial charge in [-0.1, -0.05) is 0 Å². The minimum Gasteiger partial charge on any atom is -0.394 e. The van der Waals surface area contributed by atoms with E-state index >= 15 is 0 Å². The number of nitrogens with zero attached hydrogens (tertiary/aromatic N) is 7. The molecule has 3 aromatic rings. The molecule has 31 heavy (non-hydrogen) atoms. The van der Waals surface area contributed by atoms with Crippen molar-refractivity contribution in [2.24, 2.45) is 0 Å². The number of piperidine rings is 1. The molecule has 0 spiro atoms. The zero-order valence-corrected chi connectivity index (χ0v) is 17.4. The molecule has 0 saturated carbocycles. The second kappa shape index (κ2) is 9.16. The molecule has 0 amide bonds. The number of aromatic nitrogens is 7. The number of aliphatic hydroxyl groups is 1. The molecule has 3 aromatic heterocycles. The van der Waals surface area contributed by atoms with Gasteiger partial charge in [0, 0.05) is 18.3 Å². The molecule has 11 nitrogen and oxygen atoms in total. The van der Waals surface area contributed by atoms with Crippen molar-refractivity contribution in [2.45, 2.75) is 45.2 Å². The molecule has 0 aromatic carbocycles. The maximum Gasteiger partial charge on any atom is 0.235 e. The Balaban J connectivity index is 1.64. The molecule has 1 aliphatic heterocycles. The van der Waals surface area contributed by atoms with Gasteiger partial charge in [0.2, 0.25) is 17.8 Å². The summed E-state index contributed by atoms with van der Waals surface area (Å²) in [6.07, 6.45) is 5.14. The topological polar surface area (TPSA) is 141 Å². The summed E-state index contributed by atoms with van der Waals surface area (Å²) in [6.45, 7) is 4.49. The standard InChI is InChI=1S/C19H25FN10O/c1-11-7-15(29-28-11)24-18-25-17(23-12(2)16-21-8-13(20)9-22-16)26-19(27-18)30-6-4-3-5-14(30)10-31/h7-9,12,14,31H,3-6,10H2,1-2H3,(H3,23,24,25,26,27,28,29). The van der Waals surface area contributed by atoms with Crippen molar-refractivity contribution in [3.8, 4) is 0 Å². The fourth-order valence-corrected chi connectivity index (χ4v) is 3.47. The van der Waals surface area contributed by atoms with Crippen LogP contribution < -0.4 is 15.5 Å². The van der Waals surface area contributed by atoms with E-state index in [0.717, 1.165) is 43.9 Å². The van der Waals surface area contributed by atoms with E-state index in [0.29, 0.717) is 29.5 Å². The van der Waals surface area contributed by atoms with Gasteiger partial charge < -0.3 is 20.6 Å². The molecule has 2 unspecified atom stereocenters.